The van der Waals surface area contributed by atoms with Crippen LogP contribution in [-0.4, -0.2) is 69.4 Å². The molecule has 0 aromatic carbocycles. The average molecular weight is 1010 g/mol. The fraction of sp³-hybridized carbons (Fsp3) is 0.900. The van der Waals surface area contributed by atoms with Gasteiger partial charge in [-0.3, -0.25) is 14.2 Å². The minimum absolute atomic E-state index is 0.0198. The number of quaternary nitrogens is 1. The Balaban J connectivity index is 5.27. The molecule has 3 unspecified atom stereocenters. The molecule has 0 saturated heterocycles. The summed E-state index contributed by atoms with van der Waals surface area (Å²) in [5, 5.41) is 3.03. The van der Waals surface area contributed by atoms with E-state index in [1.165, 1.54) is 193 Å². The van der Waals surface area contributed by atoms with Crippen LogP contribution in [-0.2, 0) is 27.9 Å². The van der Waals surface area contributed by atoms with Crippen LogP contribution in [0.1, 0.15) is 297 Å². The second kappa shape index (κ2) is 51.0. The van der Waals surface area contributed by atoms with Gasteiger partial charge in [0, 0.05) is 12.8 Å². The molecule has 1 amide bonds. The minimum atomic E-state index is -4.69. The van der Waals surface area contributed by atoms with Crippen molar-refractivity contribution in [2.24, 2.45) is 0 Å². The summed E-state index contributed by atoms with van der Waals surface area (Å²) in [6, 6.07) is -0.884. The lowest BCUT2D eigenvalue weighted by atomic mass is 10.0. The number of carbonyl (C=O) groups excluding carboxylic acids is 2. The van der Waals surface area contributed by atoms with Crippen LogP contribution >= 0.6 is 7.82 Å². The zero-order valence-electron chi connectivity index (χ0n) is 47.2. The third-order valence-corrected chi connectivity index (χ3v) is 14.6. The number of hydrogen-bond acceptors (Lipinski definition) is 7. The van der Waals surface area contributed by atoms with E-state index in [1.807, 2.05) is 33.3 Å². The molecule has 0 saturated carbocycles. The molecule has 0 rings (SSSR count). The Bertz CT molecular complexity index is 1250. The van der Waals surface area contributed by atoms with Gasteiger partial charge in [0.15, 0.2) is 0 Å². The third kappa shape index (κ3) is 51.4. The van der Waals surface area contributed by atoms with Crippen LogP contribution in [0.15, 0.2) is 24.3 Å². The lowest BCUT2D eigenvalue weighted by molar-refractivity contribution is -0.870. The molecule has 0 aliphatic heterocycles. The van der Waals surface area contributed by atoms with Gasteiger partial charge in [-0.25, -0.2) is 0 Å². The van der Waals surface area contributed by atoms with E-state index in [2.05, 4.69) is 38.2 Å². The Morgan fingerprint density at radius 2 is 0.829 bits per heavy atom. The molecule has 9 nitrogen and oxygen atoms in total. The van der Waals surface area contributed by atoms with E-state index >= 15 is 0 Å². The van der Waals surface area contributed by atoms with E-state index in [9.17, 15) is 19.0 Å². The molecule has 0 aliphatic rings. The van der Waals surface area contributed by atoms with Crippen molar-refractivity contribution in [1.82, 2.24) is 5.32 Å². The van der Waals surface area contributed by atoms with Gasteiger partial charge < -0.3 is 28.5 Å². The number of ether oxygens (including phenoxy) is 1. The van der Waals surface area contributed by atoms with Crippen molar-refractivity contribution in [2.75, 3.05) is 40.9 Å². The summed E-state index contributed by atoms with van der Waals surface area (Å²) in [4.78, 5) is 39.9. The standard InChI is InChI=1S/C60H117N2O7P/c1-7-10-13-16-19-22-25-28-30-31-33-35-38-41-44-47-50-53-60(64)69-58(51-48-45-42-39-36-27-24-21-18-15-12-9-3)57(56-68-70(65,66)67-55-54-62(4,5)6)61-59(63)52-49-46-43-40-37-34-32-29-26-23-20-17-14-11-8-2/h23,26,48,51,57-58H,7-22,24-25,27-47,49-50,52-56H2,1-6H3,(H-,61,63,65,66)/b26-23-,51-48+. The Morgan fingerprint density at radius 3 is 1.23 bits per heavy atom. The van der Waals surface area contributed by atoms with Crippen LogP contribution in [0.5, 0.6) is 0 Å². The summed E-state index contributed by atoms with van der Waals surface area (Å²) in [6.45, 7) is 6.86. The summed E-state index contributed by atoms with van der Waals surface area (Å²) in [6.07, 6.45) is 58.5. The number of nitrogens with zero attached hydrogens (tertiary/aromatic N) is 1. The van der Waals surface area contributed by atoms with Gasteiger partial charge in [-0.05, 0) is 57.4 Å². The van der Waals surface area contributed by atoms with Crippen molar-refractivity contribution in [3.05, 3.63) is 24.3 Å². The van der Waals surface area contributed by atoms with Crippen LogP contribution in [0.4, 0.5) is 0 Å². The largest absolute Gasteiger partial charge is 0.756 e. The first-order valence-electron chi connectivity index (χ1n) is 30.1. The Labute approximate surface area is 434 Å². The number of nitrogens with one attached hydrogen (secondary N) is 1. The number of allylic oxidation sites excluding steroid dienone is 3. The lowest BCUT2D eigenvalue weighted by Crippen LogP contribution is -2.47. The molecule has 0 fully saturated rings. The van der Waals surface area contributed by atoms with E-state index in [1.54, 1.807) is 0 Å². The predicted octanol–water partition coefficient (Wildman–Crippen LogP) is 17.5. The number of amides is 1. The highest BCUT2D eigenvalue weighted by molar-refractivity contribution is 7.45. The molecule has 0 aromatic heterocycles. The summed E-state index contributed by atoms with van der Waals surface area (Å²) >= 11 is 0. The summed E-state index contributed by atoms with van der Waals surface area (Å²) in [5.41, 5.74) is 0. The first-order chi connectivity index (χ1) is 33.9. The number of esters is 1. The van der Waals surface area contributed by atoms with Gasteiger partial charge >= 0.3 is 5.97 Å². The highest BCUT2D eigenvalue weighted by atomic mass is 31.2. The van der Waals surface area contributed by atoms with E-state index in [4.69, 9.17) is 13.8 Å². The summed E-state index contributed by atoms with van der Waals surface area (Å²) < 4.78 is 30.3. The number of phosphoric acid groups is 1. The van der Waals surface area contributed by atoms with E-state index in [0.717, 1.165) is 70.6 Å². The number of unbranched alkanes of at least 4 members (excludes halogenated alkanes) is 37. The first kappa shape index (κ1) is 68.5. The molecule has 0 aliphatic carbocycles. The van der Waals surface area contributed by atoms with Crippen molar-refractivity contribution in [3.8, 4) is 0 Å². The molecule has 0 bridgehead atoms. The molecular weight excluding hydrogens is 892 g/mol. The molecule has 0 spiro atoms. The maximum absolute atomic E-state index is 13.5. The van der Waals surface area contributed by atoms with Gasteiger partial charge in [-0.2, -0.15) is 0 Å². The molecule has 3 atom stereocenters. The highest BCUT2D eigenvalue weighted by Gasteiger charge is 2.27. The number of carbonyl (C=O) groups is 2. The summed E-state index contributed by atoms with van der Waals surface area (Å²) in [7, 11) is 1.20. The van der Waals surface area contributed by atoms with Crippen LogP contribution in [0.2, 0.25) is 0 Å². The number of likely N-dealkylation sites (N-methyl/N-ethyl adjacent to an activating group) is 1. The Morgan fingerprint density at radius 1 is 0.486 bits per heavy atom. The molecule has 1 N–H and O–H groups in total. The van der Waals surface area contributed by atoms with E-state index in [-0.39, 0.29) is 31.5 Å². The Kier molecular flexibility index (Phi) is 49.9. The maximum Gasteiger partial charge on any atom is 0.306 e. The van der Waals surface area contributed by atoms with Gasteiger partial charge in [0.25, 0.3) is 7.82 Å². The lowest BCUT2D eigenvalue weighted by Gasteiger charge is -2.30. The van der Waals surface area contributed by atoms with Gasteiger partial charge in [0.1, 0.15) is 19.3 Å². The van der Waals surface area contributed by atoms with Crippen molar-refractivity contribution >= 4 is 19.7 Å². The Hall–Kier alpha value is -1.51. The summed E-state index contributed by atoms with van der Waals surface area (Å²) in [5.74, 6) is -0.532. The van der Waals surface area contributed by atoms with Crippen molar-refractivity contribution in [2.45, 2.75) is 309 Å². The fourth-order valence-corrected chi connectivity index (χ4v) is 9.65. The molecule has 414 valence electrons. The molecule has 0 aromatic rings. The number of phosphoric ester groups is 1. The smallest absolute Gasteiger partial charge is 0.306 e. The zero-order chi connectivity index (χ0) is 51.5. The van der Waals surface area contributed by atoms with Gasteiger partial charge in [0.2, 0.25) is 5.91 Å². The fourth-order valence-electron chi connectivity index (χ4n) is 8.93. The van der Waals surface area contributed by atoms with Crippen molar-refractivity contribution in [3.63, 3.8) is 0 Å². The predicted molar refractivity (Wildman–Crippen MR) is 298 cm³/mol. The molecule has 70 heavy (non-hydrogen) atoms. The monoisotopic (exact) mass is 1010 g/mol. The van der Waals surface area contributed by atoms with Crippen LogP contribution < -0.4 is 10.2 Å². The SMILES string of the molecule is CCCCCC/C=C\CCCCCCCCCC(=O)NC(COP(=O)([O-])OCC[N+](C)(C)C)C(/C=C/CCCCCCCCCCCC)OC(=O)CCCCCCCCCCCCCCCCCCC. The van der Waals surface area contributed by atoms with E-state index < -0.39 is 20.0 Å². The topological polar surface area (TPSA) is 114 Å². The zero-order valence-corrected chi connectivity index (χ0v) is 48.1. The van der Waals surface area contributed by atoms with Crippen LogP contribution in [0.25, 0.3) is 0 Å². The van der Waals surface area contributed by atoms with Gasteiger partial charge in [-0.15, -0.1) is 0 Å². The molecular formula is C60H117N2O7P. The highest BCUT2D eigenvalue weighted by Crippen LogP contribution is 2.38. The third-order valence-electron chi connectivity index (χ3n) is 13.6. The first-order valence-corrected chi connectivity index (χ1v) is 31.6. The van der Waals surface area contributed by atoms with Gasteiger partial charge in [0.05, 0.1) is 33.8 Å². The molecule has 10 heteroatoms. The second-order valence-corrected chi connectivity index (χ2v) is 23.3. The maximum atomic E-state index is 13.5. The quantitative estimate of drug-likeness (QED) is 0.0212. The van der Waals surface area contributed by atoms with Gasteiger partial charge in [-0.1, -0.05) is 251 Å². The van der Waals surface area contributed by atoms with Crippen LogP contribution in [0.3, 0.4) is 0 Å². The minimum Gasteiger partial charge on any atom is -0.756 e. The van der Waals surface area contributed by atoms with E-state index in [0.29, 0.717) is 17.4 Å². The normalized spacial score (nSPS) is 13.9. The number of hydrogen-bond donors (Lipinski definition) is 1. The molecule has 0 heterocycles. The van der Waals surface area contributed by atoms with Crippen molar-refractivity contribution < 1.29 is 37.3 Å². The van der Waals surface area contributed by atoms with Crippen molar-refractivity contribution in [1.29, 1.82) is 0 Å². The molecule has 0 radical (unpaired) electrons. The average Bonchev–Trinajstić information content (AvgIpc) is 3.32. The van der Waals surface area contributed by atoms with Crippen LogP contribution in [0, 0.1) is 0 Å². The second-order valence-electron chi connectivity index (χ2n) is 21.9. The number of rotatable bonds is 55.